The lowest BCUT2D eigenvalue weighted by Gasteiger charge is -2.17. The van der Waals surface area contributed by atoms with Crippen molar-refractivity contribution in [3.63, 3.8) is 0 Å². The number of oxime groups is 1. The summed E-state index contributed by atoms with van der Waals surface area (Å²) in [4.78, 5) is 19.2. The van der Waals surface area contributed by atoms with E-state index < -0.39 is 5.97 Å². The van der Waals surface area contributed by atoms with Crippen LogP contribution in [0.2, 0.25) is 0 Å². The second-order valence-electron chi connectivity index (χ2n) is 6.17. The van der Waals surface area contributed by atoms with Crippen LogP contribution in [-0.4, -0.2) is 24.8 Å². The van der Waals surface area contributed by atoms with Gasteiger partial charge in [0.05, 0.1) is 5.57 Å². The number of nitrogens with zero attached hydrogens (tertiary/aromatic N) is 2. The fraction of sp³-hybridized carbons (Fsp3) is 0.200. The molecule has 0 bridgehead atoms. The van der Waals surface area contributed by atoms with Gasteiger partial charge in [-0.05, 0) is 60.9 Å². The molecule has 0 spiro atoms. The lowest BCUT2D eigenvalue weighted by molar-refractivity contribution is -0.136. The van der Waals surface area contributed by atoms with Gasteiger partial charge in [0, 0.05) is 24.3 Å². The highest BCUT2D eigenvalue weighted by Crippen LogP contribution is 2.24. The zero-order chi connectivity index (χ0) is 17.2. The van der Waals surface area contributed by atoms with Crippen LogP contribution >= 0.6 is 0 Å². The van der Waals surface area contributed by atoms with E-state index in [0.29, 0.717) is 16.8 Å². The summed E-state index contributed by atoms with van der Waals surface area (Å²) in [7, 11) is 0. The van der Waals surface area contributed by atoms with Gasteiger partial charge >= 0.3 is 5.97 Å². The first-order chi connectivity index (χ1) is 12.2. The molecule has 4 rings (SSSR count). The molecule has 2 aromatic carbocycles. The van der Waals surface area contributed by atoms with E-state index in [1.54, 1.807) is 18.2 Å². The maximum Gasteiger partial charge on any atom is 0.368 e. The van der Waals surface area contributed by atoms with E-state index in [1.165, 1.54) is 30.7 Å². The van der Waals surface area contributed by atoms with Crippen molar-refractivity contribution in [3.05, 3.63) is 71.0 Å². The summed E-state index contributed by atoms with van der Waals surface area (Å²) in [5, 5.41) is 3.84. The second kappa shape index (κ2) is 6.51. The van der Waals surface area contributed by atoms with Crippen LogP contribution in [0.25, 0.3) is 6.08 Å². The highest BCUT2D eigenvalue weighted by molar-refractivity contribution is 6.31. The molecule has 1 fully saturated rings. The van der Waals surface area contributed by atoms with Crippen LogP contribution in [0.1, 0.15) is 24.0 Å². The Morgan fingerprint density at radius 1 is 1.00 bits per heavy atom. The lowest BCUT2D eigenvalue weighted by atomic mass is 10.0. The van der Waals surface area contributed by atoms with E-state index in [-0.39, 0.29) is 5.82 Å². The summed E-state index contributed by atoms with van der Waals surface area (Å²) in [5.41, 5.74) is 3.54. The van der Waals surface area contributed by atoms with Gasteiger partial charge in [-0.25, -0.2) is 9.18 Å². The third-order valence-electron chi connectivity index (χ3n) is 4.49. The topological polar surface area (TPSA) is 41.9 Å². The Labute approximate surface area is 145 Å². The average molecular weight is 336 g/mol. The Morgan fingerprint density at radius 2 is 1.68 bits per heavy atom. The molecule has 4 nitrogen and oxygen atoms in total. The van der Waals surface area contributed by atoms with Gasteiger partial charge in [0.1, 0.15) is 11.5 Å². The van der Waals surface area contributed by atoms with Crippen LogP contribution in [0.15, 0.2) is 59.3 Å². The first-order valence-electron chi connectivity index (χ1n) is 8.33. The summed E-state index contributed by atoms with van der Waals surface area (Å²) >= 11 is 0. The molecule has 0 N–H and O–H groups in total. The number of halogens is 1. The Balaban J connectivity index is 1.61. The van der Waals surface area contributed by atoms with E-state index in [0.717, 1.165) is 18.7 Å². The number of hydrogen-bond donors (Lipinski definition) is 0. The zero-order valence-electron chi connectivity index (χ0n) is 13.6. The molecule has 0 saturated carbocycles. The first kappa shape index (κ1) is 15.6. The van der Waals surface area contributed by atoms with Crippen molar-refractivity contribution in [3.8, 4) is 0 Å². The minimum Gasteiger partial charge on any atom is -0.372 e. The minimum atomic E-state index is -0.497. The summed E-state index contributed by atoms with van der Waals surface area (Å²) in [5.74, 6) is -0.833. The molecular formula is C20H17FN2O2. The molecule has 2 aliphatic heterocycles. The molecule has 2 aromatic rings. The first-order valence-corrected chi connectivity index (χ1v) is 8.33. The third kappa shape index (κ3) is 3.18. The van der Waals surface area contributed by atoms with Crippen molar-refractivity contribution >= 4 is 23.4 Å². The van der Waals surface area contributed by atoms with Gasteiger partial charge in [-0.3, -0.25) is 0 Å². The molecule has 126 valence electrons. The van der Waals surface area contributed by atoms with Gasteiger partial charge in [-0.2, -0.15) is 0 Å². The molecule has 0 unspecified atom stereocenters. The molecule has 0 atom stereocenters. The number of rotatable bonds is 3. The number of benzene rings is 2. The van der Waals surface area contributed by atoms with E-state index in [4.69, 9.17) is 4.84 Å². The number of carbonyl (C=O) groups excluding carboxylic acids is 1. The fourth-order valence-corrected chi connectivity index (χ4v) is 3.15. The third-order valence-corrected chi connectivity index (χ3v) is 4.49. The Bertz CT molecular complexity index is 848. The molecule has 5 heteroatoms. The summed E-state index contributed by atoms with van der Waals surface area (Å²) in [6, 6.07) is 13.9. The largest absolute Gasteiger partial charge is 0.372 e. The number of carbonyl (C=O) groups is 1. The molecule has 2 heterocycles. The van der Waals surface area contributed by atoms with E-state index in [1.807, 2.05) is 12.1 Å². The maximum atomic E-state index is 13.1. The SMILES string of the molecule is O=C1ON=C(c2ccc(F)cc2)/C1=C/c1ccc(N2CCCC2)cc1. The van der Waals surface area contributed by atoms with Gasteiger partial charge in [0.2, 0.25) is 0 Å². The van der Waals surface area contributed by atoms with Crippen LogP contribution < -0.4 is 4.90 Å². The summed E-state index contributed by atoms with van der Waals surface area (Å²) in [6.07, 6.45) is 4.22. The van der Waals surface area contributed by atoms with Crippen LogP contribution in [0.4, 0.5) is 10.1 Å². The zero-order valence-corrected chi connectivity index (χ0v) is 13.6. The van der Waals surface area contributed by atoms with Gasteiger partial charge in [-0.15, -0.1) is 0 Å². The smallest absolute Gasteiger partial charge is 0.368 e. The molecule has 0 aromatic heterocycles. The van der Waals surface area contributed by atoms with Crippen molar-refractivity contribution in [1.29, 1.82) is 0 Å². The normalized spacial score (nSPS) is 18.6. The van der Waals surface area contributed by atoms with E-state index in [2.05, 4.69) is 22.2 Å². The van der Waals surface area contributed by atoms with Crippen LogP contribution in [0.3, 0.4) is 0 Å². The van der Waals surface area contributed by atoms with E-state index >= 15 is 0 Å². The van der Waals surface area contributed by atoms with Crippen molar-refractivity contribution in [2.45, 2.75) is 12.8 Å². The number of hydrogen-bond acceptors (Lipinski definition) is 4. The monoisotopic (exact) mass is 336 g/mol. The van der Waals surface area contributed by atoms with Crippen molar-refractivity contribution in [1.82, 2.24) is 0 Å². The van der Waals surface area contributed by atoms with Gasteiger partial charge < -0.3 is 9.74 Å². The van der Waals surface area contributed by atoms with Crippen LogP contribution in [-0.2, 0) is 9.63 Å². The van der Waals surface area contributed by atoms with E-state index in [9.17, 15) is 9.18 Å². The summed E-state index contributed by atoms with van der Waals surface area (Å²) in [6.45, 7) is 2.18. The van der Waals surface area contributed by atoms with Gasteiger partial charge in [-0.1, -0.05) is 17.3 Å². The molecule has 0 aliphatic carbocycles. The minimum absolute atomic E-state index is 0.336. The predicted molar refractivity (Wildman–Crippen MR) is 94.9 cm³/mol. The predicted octanol–water partition coefficient (Wildman–Crippen LogP) is 3.77. The highest BCUT2D eigenvalue weighted by Gasteiger charge is 2.26. The van der Waals surface area contributed by atoms with Gasteiger partial charge in [0.25, 0.3) is 0 Å². The van der Waals surface area contributed by atoms with Crippen LogP contribution in [0.5, 0.6) is 0 Å². The standard InChI is InChI=1S/C20H17FN2O2/c21-16-7-5-15(6-8-16)19-18(20(24)25-22-19)13-14-3-9-17(10-4-14)23-11-1-2-12-23/h3-10,13H,1-2,11-12H2/b18-13-. The molecule has 25 heavy (non-hydrogen) atoms. The Morgan fingerprint density at radius 3 is 2.36 bits per heavy atom. The molecule has 0 amide bonds. The molecule has 2 aliphatic rings. The second-order valence-corrected chi connectivity index (χ2v) is 6.17. The fourth-order valence-electron chi connectivity index (χ4n) is 3.15. The molecule has 0 radical (unpaired) electrons. The molecule has 1 saturated heterocycles. The lowest BCUT2D eigenvalue weighted by Crippen LogP contribution is -2.17. The quantitative estimate of drug-likeness (QED) is 0.633. The van der Waals surface area contributed by atoms with Crippen LogP contribution in [0, 0.1) is 5.82 Å². The molecular weight excluding hydrogens is 319 g/mol. The Hall–Kier alpha value is -2.95. The summed E-state index contributed by atoms with van der Waals surface area (Å²) < 4.78 is 13.1. The van der Waals surface area contributed by atoms with Crippen molar-refractivity contribution < 1.29 is 14.0 Å². The highest BCUT2D eigenvalue weighted by atomic mass is 19.1. The van der Waals surface area contributed by atoms with Crippen molar-refractivity contribution in [2.24, 2.45) is 5.16 Å². The van der Waals surface area contributed by atoms with Gasteiger partial charge in [0.15, 0.2) is 0 Å². The maximum absolute atomic E-state index is 13.1. The average Bonchev–Trinajstić information content (AvgIpc) is 3.28. The Kier molecular flexibility index (Phi) is 4.06. The van der Waals surface area contributed by atoms with Crippen molar-refractivity contribution in [2.75, 3.05) is 18.0 Å². The number of anilines is 1.